The molecule has 0 aliphatic carbocycles. The Kier molecular flexibility index (Phi) is 12.3. The van der Waals surface area contributed by atoms with Gasteiger partial charge in [0, 0.05) is 61.8 Å². The molecule has 0 aliphatic heterocycles. The lowest BCUT2D eigenvalue weighted by Crippen LogP contribution is -2.58. The Balaban J connectivity index is 1.55. The first-order valence-corrected chi connectivity index (χ1v) is 15.6. The summed E-state index contributed by atoms with van der Waals surface area (Å²) in [5.41, 5.74) is 26.1. The third-order valence-corrected chi connectivity index (χ3v) is 8.04. The number of para-hydroxylation sites is 1. The average Bonchev–Trinajstić information content (AvgIpc) is 3.74. The Bertz CT molecular complexity index is 1700. The lowest BCUT2D eigenvalue weighted by atomic mass is 10.0. The molecule has 48 heavy (non-hydrogen) atoms. The number of amides is 4. The van der Waals surface area contributed by atoms with E-state index in [1.807, 2.05) is 54.6 Å². The van der Waals surface area contributed by atoms with Gasteiger partial charge < -0.3 is 48.4 Å². The lowest BCUT2D eigenvalue weighted by molar-refractivity contribution is -0.141. The number of fused-ring (bicyclic) bond motifs is 1. The number of nitrogens with zero attached hydrogens (tertiary/aromatic N) is 3. The van der Waals surface area contributed by atoms with E-state index in [4.69, 9.17) is 22.9 Å². The molecule has 0 fully saturated rings. The molecule has 0 aliphatic rings. The predicted octanol–water partition coefficient (Wildman–Crippen LogP) is -0.418. The van der Waals surface area contributed by atoms with Gasteiger partial charge in [0.1, 0.15) is 18.1 Å². The van der Waals surface area contributed by atoms with Crippen LogP contribution in [0.15, 0.2) is 78.3 Å². The van der Waals surface area contributed by atoms with E-state index >= 15 is 0 Å². The van der Waals surface area contributed by atoms with E-state index in [0.717, 1.165) is 22.0 Å². The highest BCUT2D eigenvalue weighted by molar-refractivity contribution is 5.95. The van der Waals surface area contributed by atoms with E-state index in [1.165, 1.54) is 18.3 Å². The van der Waals surface area contributed by atoms with Gasteiger partial charge in [0.05, 0.1) is 12.4 Å². The van der Waals surface area contributed by atoms with Crippen LogP contribution in [-0.2, 0) is 38.4 Å². The van der Waals surface area contributed by atoms with Gasteiger partial charge in [0.2, 0.25) is 23.6 Å². The van der Waals surface area contributed by atoms with Gasteiger partial charge in [0.25, 0.3) is 0 Å². The van der Waals surface area contributed by atoms with Crippen LogP contribution >= 0.6 is 0 Å². The van der Waals surface area contributed by atoms with E-state index in [1.54, 1.807) is 12.4 Å². The second-order valence-electron chi connectivity index (χ2n) is 11.6. The Morgan fingerprint density at radius 1 is 0.896 bits per heavy atom. The summed E-state index contributed by atoms with van der Waals surface area (Å²) in [5.74, 6) is -2.52. The summed E-state index contributed by atoms with van der Waals surface area (Å²) in [6.45, 7) is 0.201. The molecule has 4 amide bonds. The Hall–Kier alpha value is -5.70. The molecule has 0 unspecified atom stereocenters. The molecule has 0 saturated carbocycles. The zero-order chi connectivity index (χ0) is 34.6. The van der Waals surface area contributed by atoms with Gasteiger partial charge in [0.15, 0.2) is 5.96 Å². The van der Waals surface area contributed by atoms with E-state index in [9.17, 15) is 19.2 Å². The molecule has 2 aromatic carbocycles. The van der Waals surface area contributed by atoms with Gasteiger partial charge in [-0.1, -0.05) is 48.5 Å². The van der Waals surface area contributed by atoms with Crippen LogP contribution in [0.1, 0.15) is 29.7 Å². The largest absolute Gasteiger partial charge is 0.370 e. The summed E-state index contributed by atoms with van der Waals surface area (Å²) >= 11 is 0. The topological polar surface area (TPSA) is 256 Å². The molecule has 2 aromatic heterocycles. The van der Waals surface area contributed by atoms with Crippen LogP contribution in [0.5, 0.6) is 0 Å². The van der Waals surface area contributed by atoms with Crippen molar-refractivity contribution in [3.63, 3.8) is 0 Å². The number of carbonyl (C=O) groups excluding carboxylic acids is 4. The molecule has 15 heteroatoms. The number of guanidine groups is 1. The number of rotatable bonds is 17. The van der Waals surface area contributed by atoms with Crippen molar-refractivity contribution in [3.8, 4) is 0 Å². The van der Waals surface area contributed by atoms with E-state index in [-0.39, 0.29) is 38.2 Å². The second kappa shape index (κ2) is 16.7. The number of aromatic nitrogens is 3. The maximum absolute atomic E-state index is 14.0. The number of aromatic amines is 2. The van der Waals surface area contributed by atoms with Gasteiger partial charge in [-0.3, -0.25) is 24.2 Å². The molecule has 2 heterocycles. The number of H-pyrrole nitrogens is 2. The van der Waals surface area contributed by atoms with Crippen molar-refractivity contribution in [1.29, 1.82) is 0 Å². The number of benzene rings is 2. The van der Waals surface area contributed by atoms with Gasteiger partial charge in [-0.05, 0) is 30.0 Å². The van der Waals surface area contributed by atoms with Crippen LogP contribution in [0.3, 0.4) is 0 Å². The van der Waals surface area contributed by atoms with Crippen molar-refractivity contribution in [2.24, 2.45) is 27.9 Å². The van der Waals surface area contributed by atoms with Crippen molar-refractivity contribution < 1.29 is 19.2 Å². The Morgan fingerprint density at radius 2 is 1.60 bits per heavy atom. The fourth-order valence-corrected chi connectivity index (χ4v) is 5.43. The van der Waals surface area contributed by atoms with Crippen LogP contribution in [0, 0.1) is 0 Å². The van der Waals surface area contributed by atoms with Crippen LogP contribution in [0.25, 0.3) is 10.9 Å². The minimum Gasteiger partial charge on any atom is -0.370 e. The average molecular weight is 658 g/mol. The van der Waals surface area contributed by atoms with E-state index in [0.29, 0.717) is 12.1 Å². The van der Waals surface area contributed by atoms with E-state index < -0.39 is 47.8 Å². The van der Waals surface area contributed by atoms with Crippen LogP contribution in [0.2, 0.25) is 0 Å². The first kappa shape index (κ1) is 35.2. The molecular formula is C33H43N11O4. The minimum atomic E-state index is -1.10. The predicted molar refractivity (Wildman–Crippen MR) is 182 cm³/mol. The molecule has 15 nitrogen and oxygen atoms in total. The van der Waals surface area contributed by atoms with Gasteiger partial charge in [-0.2, -0.15) is 0 Å². The molecular weight excluding hydrogens is 614 g/mol. The Labute approximate surface area is 277 Å². The molecule has 4 rings (SSSR count). The summed E-state index contributed by atoms with van der Waals surface area (Å²) in [4.78, 5) is 69.1. The summed E-state index contributed by atoms with van der Waals surface area (Å²) in [6, 6.07) is 12.5. The van der Waals surface area contributed by atoms with Crippen molar-refractivity contribution in [1.82, 2.24) is 30.5 Å². The smallest absolute Gasteiger partial charge is 0.245 e. The number of likely N-dealkylation sites (N-methyl/N-ethyl adjacent to an activating group) is 1. The first-order valence-electron chi connectivity index (χ1n) is 15.6. The fourth-order valence-electron chi connectivity index (χ4n) is 5.43. The second-order valence-corrected chi connectivity index (χ2v) is 11.6. The molecule has 4 atom stereocenters. The molecule has 0 spiro atoms. The standard InChI is InChI=1S/C33H43N11O4/c1-44(28(29(35)45)15-21-17-40-25-11-6-5-10-23(21)25)32(48)26(12-7-13-39-33(36)37)42-31(47)27(14-20-8-3-2-4-9-20)43-30(46)24(34)16-22-18-38-19-41-22/h2-6,8-11,17-19,24,26-28,40H,7,12-16,34H2,1H3,(H2,35,45)(H,38,41)(H,42,47)(H,43,46)(H4,36,37,39)/t24-,26-,27+,28-/m0/s1. The number of primary amides is 1. The van der Waals surface area contributed by atoms with Crippen molar-refractivity contribution >= 4 is 40.5 Å². The molecule has 12 N–H and O–H groups in total. The molecule has 0 radical (unpaired) electrons. The molecule has 0 bridgehead atoms. The lowest BCUT2D eigenvalue weighted by Gasteiger charge is -2.31. The zero-order valence-electron chi connectivity index (χ0n) is 26.8. The molecule has 4 aromatic rings. The maximum atomic E-state index is 14.0. The molecule has 0 saturated heterocycles. The zero-order valence-corrected chi connectivity index (χ0v) is 26.8. The number of aliphatic imine (C=N–C) groups is 1. The number of nitrogens with one attached hydrogen (secondary N) is 4. The third kappa shape index (κ3) is 9.65. The van der Waals surface area contributed by atoms with Gasteiger partial charge in [-0.15, -0.1) is 0 Å². The first-order chi connectivity index (χ1) is 23.0. The highest BCUT2D eigenvalue weighted by atomic mass is 16.2. The third-order valence-electron chi connectivity index (χ3n) is 8.04. The molecule has 254 valence electrons. The van der Waals surface area contributed by atoms with Crippen molar-refractivity contribution in [3.05, 3.63) is 90.1 Å². The monoisotopic (exact) mass is 657 g/mol. The van der Waals surface area contributed by atoms with Crippen LogP contribution in [-0.4, -0.2) is 87.2 Å². The van der Waals surface area contributed by atoms with E-state index in [2.05, 4.69) is 30.6 Å². The highest BCUT2D eigenvalue weighted by Crippen LogP contribution is 2.21. The highest BCUT2D eigenvalue weighted by Gasteiger charge is 2.33. The minimum absolute atomic E-state index is 0.108. The number of carbonyl (C=O) groups is 4. The number of imidazole rings is 1. The quantitative estimate of drug-likeness (QED) is 0.0419. The summed E-state index contributed by atoms with van der Waals surface area (Å²) < 4.78 is 0. The van der Waals surface area contributed by atoms with Gasteiger partial charge >= 0.3 is 0 Å². The van der Waals surface area contributed by atoms with Crippen LogP contribution in [0.4, 0.5) is 0 Å². The SMILES string of the molecule is CN(C(=O)[C@H](CCCN=C(N)N)NC(=O)[C@@H](Cc1ccccc1)NC(=O)[C@@H](N)Cc1cnc[nH]1)[C@@H](Cc1c[nH]c2ccccc12)C(N)=O. The van der Waals surface area contributed by atoms with Crippen molar-refractivity contribution in [2.75, 3.05) is 13.6 Å². The Morgan fingerprint density at radius 3 is 2.29 bits per heavy atom. The number of hydrogen-bond donors (Lipinski definition) is 8. The van der Waals surface area contributed by atoms with Crippen molar-refractivity contribution in [2.45, 2.75) is 56.3 Å². The number of hydrogen-bond acceptors (Lipinski definition) is 7. The maximum Gasteiger partial charge on any atom is 0.245 e. The van der Waals surface area contributed by atoms with Gasteiger partial charge in [-0.25, -0.2) is 4.98 Å². The number of nitrogens with two attached hydrogens (primary N) is 4. The summed E-state index contributed by atoms with van der Waals surface area (Å²) in [5, 5.41) is 6.46. The summed E-state index contributed by atoms with van der Waals surface area (Å²) in [7, 11) is 1.47. The van der Waals surface area contributed by atoms with Crippen LogP contribution < -0.4 is 33.6 Å². The normalized spacial score (nSPS) is 13.5. The summed E-state index contributed by atoms with van der Waals surface area (Å²) in [6.07, 6.45) is 5.74. The fraction of sp³-hybridized carbons (Fsp3) is 0.333.